The van der Waals surface area contributed by atoms with E-state index in [4.69, 9.17) is 0 Å². The fourth-order valence-corrected chi connectivity index (χ4v) is 2.72. The maximum absolute atomic E-state index is 3.46. The molecule has 2 rings (SSSR count). The minimum absolute atomic E-state index is 0.730. The van der Waals surface area contributed by atoms with Crippen molar-refractivity contribution in [2.24, 2.45) is 5.92 Å². The smallest absolute Gasteiger partial charge is 0.0233 e. The van der Waals surface area contributed by atoms with Crippen molar-refractivity contribution in [2.75, 3.05) is 20.1 Å². The molecule has 0 bridgehead atoms. The first-order valence-electron chi connectivity index (χ1n) is 8.19. The quantitative estimate of drug-likeness (QED) is 0.694. The summed E-state index contributed by atoms with van der Waals surface area (Å²) in [7, 11) is 2.26. The fourth-order valence-electron chi connectivity index (χ4n) is 2.72. The van der Waals surface area contributed by atoms with Crippen molar-refractivity contribution >= 4 is 0 Å². The lowest BCUT2D eigenvalue weighted by atomic mass is 10.1. The number of hydrogen-bond donors (Lipinski definition) is 1. The van der Waals surface area contributed by atoms with E-state index < -0.39 is 0 Å². The molecular weight excluding hydrogens is 244 g/mol. The Kier molecular flexibility index (Phi) is 6.06. The largest absolute Gasteiger partial charge is 0.316 e. The number of rotatable bonds is 9. The Labute approximate surface area is 124 Å². The average molecular weight is 274 g/mol. The molecule has 0 radical (unpaired) electrons. The maximum Gasteiger partial charge on any atom is 0.0233 e. The van der Waals surface area contributed by atoms with Gasteiger partial charge in [0.05, 0.1) is 0 Å². The highest BCUT2D eigenvalue weighted by atomic mass is 15.1. The summed E-state index contributed by atoms with van der Waals surface area (Å²) in [6.07, 6.45) is 5.20. The van der Waals surface area contributed by atoms with Gasteiger partial charge in [-0.25, -0.2) is 0 Å². The van der Waals surface area contributed by atoms with E-state index in [0.717, 1.165) is 38.0 Å². The highest BCUT2D eigenvalue weighted by Crippen LogP contribution is 2.35. The van der Waals surface area contributed by atoms with Crippen LogP contribution in [0.2, 0.25) is 0 Å². The molecule has 1 unspecified atom stereocenters. The Bertz CT molecular complexity index is 381. The molecule has 0 heterocycles. The number of benzene rings is 1. The highest BCUT2D eigenvalue weighted by Gasteiger charge is 2.30. The molecule has 2 nitrogen and oxygen atoms in total. The molecule has 1 aliphatic carbocycles. The molecule has 1 saturated carbocycles. The van der Waals surface area contributed by atoms with E-state index in [-0.39, 0.29) is 0 Å². The van der Waals surface area contributed by atoms with Crippen LogP contribution in [-0.4, -0.2) is 31.1 Å². The molecule has 1 aromatic carbocycles. The first kappa shape index (κ1) is 15.5. The van der Waals surface area contributed by atoms with E-state index in [1.165, 1.54) is 30.4 Å². The van der Waals surface area contributed by atoms with E-state index in [1.807, 2.05) is 0 Å². The third-order valence-corrected chi connectivity index (χ3v) is 4.47. The summed E-state index contributed by atoms with van der Waals surface area (Å²) < 4.78 is 0. The summed E-state index contributed by atoms with van der Waals surface area (Å²) in [5.41, 5.74) is 2.88. The van der Waals surface area contributed by atoms with Crippen LogP contribution in [0.3, 0.4) is 0 Å². The second kappa shape index (κ2) is 7.80. The average Bonchev–Trinajstić information content (AvgIpc) is 3.29. The van der Waals surface area contributed by atoms with Gasteiger partial charge in [0.1, 0.15) is 0 Å². The predicted molar refractivity (Wildman–Crippen MR) is 87.0 cm³/mol. The van der Waals surface area contributed by atoms with Crippen molar-refractivity contribution in [3.63, 3.8) is 0 Å². The predicted octanol–water partition coefficient (Wildman–Crippen LogP) is 3.46. The van der Waals surface area contributed by atoms with Gasteiger partial charge < -0.3 is 5.32 Å². The Balaban J connectivity index is 1.75. The van der Waals surface area contributed by atoms with Crippen LogP contribution in [0.1, 0.15) is 44.2 Å². The second-order valence-corrected chi connectivity index (χ2v) is 6.31. The van der Waals surface area contributed by atoms with Gasteiger partial charge in [0.2, 0.25) is 0 Å². The Hall–Kier alpha value is -0.860. The van der Waals surface area contributed by atoms with Crippen LogP contribution in [0, 0.1) is 5.92 Å². The first-order valence-corrected chi connectivity index (χ1v) is 8.19. The van der Waals surface area contributed by atoms with Crippen LogP contribution in [0.25, 0.3) is 0 Å². The third-order valence-electron chi connectivity index (χ3n) is 4.47. The molecule has 1 atom stereocenters. The monoisotopic (exact) mass is 274 g/mol. The van der Waals surface area contributed by atoms with Gasteiger partial charge in [-0.1, -0.05) is 31.2 Å². The van der Waals surface area contributed by atoms with Gasteiger partial charge >= 0.3 is 0 Å². The van der Waals surface area contributed by atoms with E-state index in [0.29, 0.717) is 0 Å². The first-order chi connectivity index (χ1) is 9.70. The summed E-state index contributed by atoms with van der Waals surface area (Å²) in [6, 6.07) is 9.90. The van der Waals surface area contributed by atoms with E-state index in [9.17, 15) is 0 Å². The summed E-state index contributed by atoms with van der Waals surface area (Å²) in [5.74, 6) is 0.948. The molecule has 1 aliphatic rings. The van der Waals surface area contributed by atoms with Crippen molar-refractivity contribution in [1.29, 1.82) is 0 Å². The molecule has 1 fully saturated rings. The van der Waals surface area contributed by atoms with E-state index in [2.05, 4.69) is 55.4 Å². The van der Waals surface area contributed by atoms with Crippen LogP contribution >= 0.6 is 0 Å². The highest BCUT2D eigenvalue weighted by molar-refractivity contribution is 5.22. The lowest BCUT2D eigenvalue weighted by Crippen LogP contribution is -2.30. The molecule has 20 heavy (non-hydrogen) atoms. The van der Waals surface area contributed by atoms with E-state index in [1.54, 1.807) is 0 Å². The van der Waals surface area contributed by atoms with Gasteiger partial charge in [-0.3, -0.25) is 4.90 Å². The molecule has 0 spiro atoms. The van der Waals surface area contributed by atoms with Crippen LogP contribution in [0.5, 0.6) is 0 Å². The van der Waals surface area contributed by atoms with Crippen molar-refractivity contribution in [2.45, 2.75) is 52.1 Å². The normalized spacial score (nSPS) is 16.6. The number of nitrogens with zero attached hydrogens (tertiary/aromatic N) is 1. The molecule has 1 N–H and O–H groups in total. The van der Waals surface area contributed by atoms with Crippen LogP contribution < -0.4 is 5.32 Å². The van der Waals surface area contributed by atoms with Gasteiger partial charge in [-0.2, -0.15) is 0 Å². The second-order valence-electron chi connectivity index (χ2n) is 6.31. The summed E-state index contributed by atoms with van der Waals surface area (Å²) in [4.78, 5) is 2.50. The Morgan fingerprint density at radius 1 is 1.15 bits per heavy atom. The molecule has 2 heteroatoms. The molecule has 1 aromatic rings. The van der Waals surface area contributed by atoms with Gasteiger partial charge in [0, 0.05) is 12.6 Å². The summed E-state index contributed by atoms with van der Waals surface area (Å²) in [6.45, 7) is 7.87. The van der Waals surface area contributed by atoms with Crippen molar-refractivity contribution in [3.05, 3.63) is 35.4 Å². The summed E-state index contributed by atoms with van der Waals surface area (Å²) in [5, 5.41) is 3.46. The van der Waals surface area contributed by atoms with Crippen LogP contribution in [0.15, 0.2) is 24.3 Å². The number of nitrogens with one attached hydrogen (secondary N) is 1. The lowest BCUT2D eigenvalue weighted by molar-refractivity contribution is 0.226. The Morgan fingerprint density at radius 2 is 1.80 bits per heavy atom. The fraction of sp³-hybridized carbons (Fsp3) is 0.667. The standard InChI is InChI=1S/C18H30N2/c1-4-12-19-13-11-16-5-7-17(8-6-16)14-20(3)15(2)18-9-10-18/h5-8,15,18-19H,4,9-14H2,1-3H3. The minimum atomic E-state index is 0.730. The van der Waals surface area contributed by atoms with Crippen molar-refractivity contribution in [1.82, 2.24) is 10.2 Å². The Morgan fingerprint density at radius 3 is 2.40 bits per heavy atom. The zero-order chi connectivity index (χ0) is 14.4. The maximum atomic E-state index is 3.46. The van der Waals surface area contributed by atoms with Gasteiger partial charge in [0.15, 0.2) is 0 Å². The molecule has 0 aromatic heterocycles. The topological polar surface area (TPSA) is 15.3 Å². The number of hydrogen-bond acceptors (Lipinski definition) is 2. The molecule has 0 saturated heterocycles. The summed E-state index contributed by atoms with van der Waals surface area (Å²) >= 11 is 0. The van der Waals surface area contributed by atoms with Crippen molar-refractivity contribution < 1.29 is 0 Å². The van der Waals surface area contributed by atoms with Crippen molar-refractivity contribution in [3.8, 4) is 0 Å². The zero-order valence-corrected chi connectivity index (χ0v) is 13.4. The van der Waals surface area contributed by atoms with Crippen LogP contribution in [0.4, 0.5) is 0 Å². The van der Waals surface area contributed by atoms with Gasteiger partial charge in [0.25, 0.3) is 0 Å². The lowest BCUT2D eigenvalue weighted by Gasteiger charge is -2.24. The molecular formula is C18H30N2. The molecule has 0 aliphatic heterocycles. The third kappa shape index (κ3) is 4.92. The van der Waals surface area contributed by atoms with Gasteiger partial charge in [-0.05, 0) is 69.8 Å². The SMILES string of the molecule is CCCNCCc1ccc(CN(C)C(C)C2CC2)cc1. The molecule has 112 valence electrons. The van der Waals surface area contributed by atoms with E-state index >= 15 is 0 Å². The zero-order valence-electron chi connectivity index (χ0n) is 13.4. The minimum Gasteiger partial charge on any atom is -0.316 e. The van der Waals surface area contributed by atoms with Gasteiger partial charge in [-0.15, -0.1) is 0 Å². The van der Waals surface area contributed by atoms with Crippen LogP contribution in [-0.2, 0) is 13.0 Å². The molecule has 0 amide bonds.